The van der Waals surface area contributed by atoms with Gasteiger partial charge in [0.15, 0.2) is 12.1 Å². The average Bonchev–Trinajstić information content (AvgIpc) is 2.05. The van der Waals surface area contributed by atoms with Crippen LogP contribution in [0.25, 0.3) is 0 Å². The lowest BCUT2D eigenvalue weighted by molar-refractivity contribution is 0.202. The third-order valence-corrected chi connectivity index (χ3v) is 1.31. The van der Waals surface area contributed by atoms with Gasteiger partial charge in [0.25, 0.3) is 0 Å². The zero-order chi connectivity index (χ0) is 8.97. The molecule has 1 heterocycles. The van der Waals surface area contributed by atoms with Crippen LogP contribution in [0.2, 0.25) is 0 Å². The van der Waals surface area contributed by atoms with Crippen LogP contribution < -0.4 is 5.73 Å². The van der Waals surface area contributed by atoms with E-state index < -0.39 is 17.6 Å². The van der Waals surface area contributed by atoms with Gasteiger partial charge in [0, 0.05) is 0 Å². The van der Waals surface area contributed by atoms with Crippen molar-refractivity contribution in [2.45, 2.75) is 6.23 Å². The third kappa shape index (κ3) is 2.58. The van der Waals surface area contributed by atoms with E-state index in [1.165, 1.54) is 12.7 Å². The van der Waals surface area contributed by atoms with Gasteiger partial charge in [0.05, 0.1) is 11.4 Å². The molecule has 0 bridgehead atoms. The van der Waals surface area contributed by atoms with Gasteiger partial charge < -0.3 is 4.55 Å². The van der Waals surface area contributed by atoms with E-state index in [2.05, 4.69) is 19.1 Å². The van der Waals surface area contributed by atoms with Gasteiger partial charge >= 0.3 is 0 Å². The molecule has 1 aromatic rings. The molecule has 8 heteroatoms. The summed E-state index contributed by atoms with van der Waals surface area (Å²) in [4.78, 5) is 10.7. The first-order valence-corrected chi connectivity index (χ1v) is 3.84. The number of hydrogen-bond donors (Lipinski definition) is 1. The molecule has 2 atom stereocenters. The highest BCUT2D eigenvalue weighted by Gasteiger charge is 2.08. The maximum atomic E-state index is 10.0. The van der Waals surface area contributed by atoms with Gasteiger partial charge in [-0.2, -0.15) is 0 Å². The topological polar surface area (TPSA) is 114 Å². The molecule has 7 nitrogen and oxygen atoms in total. The van der Waals surface area contributed by atoms with Crippen LogP contribution in [0.15, 0.2) is 12.7 Å². The van der Waals surface area contributed by atoms with Crippen LogP contribution in [0, 0.1) is 0 Å². The van der Waals surface area contributed by atoms with Crippen LogP contribution in [-0.4, -0.2) is 23.7 Å². The Hall–Kier alpha value is -0.960. The Bertz CT molecular complexity index is 268. The Labute approximate surface area is 70.5 Å². The van der Waals surface area contributed by atoms with Crippen molar-refractivity contribution >= 4 is 11.4 Å². The summed E-state index contributed by atoms with van der Waals surface area (Å²) in [6.45, 7) is 0. The van der Waals surface area contributed by atoms with Gasteiger partial charge in [-0.3, -0.25) is 9.92 Å². The van der Waals surface area contributed by atoms with Gasteiger partial charge in [0.1, 0.15) is 12.7 Å². The van der Waals surface area contributed by atoms with Gasteiger partial charge in [-0.25, -0.2) is 19.2 Å². The van der Waals surface area contributed by atoms with Crippen molar-refractivity contribution in [3.05, 3.63) is 18.5 Å². The maximum Gasteiger partial charge on any atom is 0.182 e. The summed E-state index contributed by atoms with van der Waals surface area (Å²) in [5, 5.41) is 0. The molecule has 0 fully saturated rings. The zero-order valence-electron chi connectivity index (χ0n) is 5.78. The smallest absolute Gasteiger partial charge is 0.182 e. The number of nitrogens with two attached hydrogens (primary N) is 1. The molecular formula is C4H5N4O3S-. The lowest BCUT2D eigenvalue weighted by Gasteiger charge is -2.11. The highest BCUT2D eigenvalue weighted by molar-refractivity contribution is 7.74. The zero-order valence-corrected chi connectivity index (χ0v) is 6.60. The average molecular weight is 189 g/mol. The van der Waals surface area contributed by atoms with Crippen molar-refractivity contribution < 1.29 is 12.9 Å². The summed E-state index contributed by atoms with van der Waals surface area (Å²) < 4.78 is 24.2. The molecule has 0 amide bonds. The summed E-state index contributed by atoms with van der Waals surface area (Å²) in [5.41, 5.74) is 5.23. The molecule has 2 unspecified atom stereocenters. The first-order valence-electron chi connectivity index (χ1n) is 2.84. The molecule has 0 saturated heterocycles. The Balaban J connectivity index is 2.65. The minimum Gasteiger partial charge on any atom is -0.750 e. The SMILES string of the molecule is NC(OS(=O)[O-])c1ncncn1. The molecule has 66 valence electrons. The fourth-order valence-corrected chi connectivity index (χ4v) is 0.778. The van der Waals surface area contributed by atoms with E-state index in [4.69, 9.17) is 5.73 Å². The van der Waals surface area contributed by atoms with Gasteiger partial charge in [-0.15, -0.1) is 0 Å². The molecule has 0 radical (unpaired) electrons. The lowest BCUT2D eigenvalue weighted by atomic mass is 10.5. The number of aromatic nitrogens is 3. The summed E-state index contributed by atoms with van der Waals surface area (Å²) in [7, 11) is 0. The molecule has 0 aromatic carbocycles. The largest absolute Gasteiger partial charge is 0.750 e. The normalized spacial score (nSPS) is 15.5. The summed E-state index contributed by atoms with van der Waals surface area (Å²) in [5.74, 6) is 0.0641. The molecule has 2 N–H and O–H groups in total. The van der Waals surface area contributed by atoms with E-state index >= 15 is 0 Å². The fourth-order valence-electron chi connectivity index (χ4n) is 0.523. The highest BCUT2D eigenvalue weighted by Crippen LogP contribution is 2.03. The van der Waals surface area contributed by atoms with Gasteiger partial charge in [-0.05, 0) is 0 Å². The fraction of sp³-hybridized carbons (Fsp3) is 0.250. The van der Waals surface area contributed by atoms with Crippen molar-refractivity contribution in [1.82, 2.24) is 15.0 Å². The molecule has 0 aliphatic rings. The van der Waals surface area contributed by atoms with Crippen LogP contribution in [-0.2, 0) is 15.5 Å². The first-order chi connectivity index (χ1) is 5.70. The molecule has 0 aliphatic heterocycles. The minimum absolute atomic E-state index is 0.0641. The Morgan fingerprint density at radius 3 is 2.67 bits per heavy atom. The third-order valence-electron chi connectivity index (χ3n) is 0.950. The molecule has 1 aromatic heterocycles. The Morgan fingerprint density at radius 1 is 1.58 bits per heavy atom. The number of nitrogens with zero attached hydrogens (tertiary/aromatic N) is 3. The van der Waals surface area contributed by atoms with Crippen molar-refractivity contribution in [2.75, 3.05) is 0 Å². The lowest BCUT2D eigenvalue weighted by Crippen LogP contribution is -2.18. The van der Waals surface area contributed by atoms with Crippen LogP contribution in [0.4, 0.5) is 0 Å². The highest BCUT2D eigenvalue weighted by atomic mass is 32.2. The quantitative estimate of drug-likeness (QED) is 0.461. The molecular weight excluding hydrogens is 184 g/mol. The molecule has 0 aliphatic carbocycles. The summed E-state index contributed by atoms with van der Waals surface area (Å²) in [6, 6.07) is 0. The van der Waals surface area contributed by atoms with Crippen LogP contribution >= 0.6 is 0 Å². The monoisotopic (exact) mass is 189 g/mol. The van der Waals surface area contributed by atoms with E-state index in [1.807, 2.05) is 0 Å². The molecule has 1 rings (SSSR count). The van der Waals surface area contributed by atoms with E-state index in [0.29, 0.717) is 0 Å². The van der Waals surface area contributed by atoms with Crippen LogP contribution in [0.5, 0.6) is 0 Å². The van der Waals surface area contributed by atoms with E-state index in [0.717, 1.165) is 0 Å². The van der Waals surface area contributed by atoms with Gasteiger partial charge in [-0.1, -0.05) is 0 Å². The number of hydrogen-bond acceptors (Lipinski definition) is 7. The Morgan fingerprint density at radius 2 is 2.17 bits per heavy atom. The predicted octanol–water partition coefficient (Wildman–Crippen LogP) is -1.36. The van der Waals surface area contributed by atoms with E-state index in [-0.39, 0.29) is 5.82 Å². The van der Waals surface area contributed by atoms with Crippen LogP contribution in [0.1, 0.15) is 12.1 Å². The second-order valence-electron chi connectivity index (χ2n) is 1.72. The van der Waals surface area contributed by atoms with Crippen molar-refractivity contribution in [1.29, 1.82) is 0 Å². The second kappa shape index (κ2) is 4.16. The second-order valence-corrected chi connectivity index (χ2v) is 2.32. The number of rotatable bonds is 3. The van der Waals surface area contributed by atoms with Crippen molar-refractivity contribution in [3.63, 3.8) is 0 Å². The predicted molar refractivity (Wildman–Crippen MR) is 36.8 cm³/mol. The van der Waals surface area contributed by atoms with E-state index in [1.54, 1.807) is 0 Å². The van der Waals surface area contributed by atoms with Gasteiger partial charge in [0.2, 0.25) is 0 Å². The molecule has 0 saturated carbocycles. The van der Waals surface area contributed by atoms with E-state index in [9.17, 15) is 8.76 Å². The summed E-state index contributed by atoms with van der Waals surface area (Å²) in [6.07, 6.45) is 1.21. The molecule has 0 spiro atoms. The van der Waals surface area contributed by atoms with Crippen molar-refractivity contribution in [2.24, 2.45) is 5.73 Å². The minimum atomic E-state index is -2.67. The standard InChI is InChI=1S/C4H6N4O3S/c5-3(11-12(9)10)4-7-1-6-2-8-4/h1-3H,5H2,(H,9,10)/p-1. The Kier molecular flexibility index (Phi) is 3.17. The first kappa shape index (κ1) is 9.13. The van der Waals surface area contributed by atoms with Crippen LogP contribution in [0.3, 0.4) is 0 Å². The maximum absolute atomic E-state index is 10.0. The van der Waals surface area contributed by atoms with Crippen molar-refractivity contribution in [3.8, 4) is 0 Å². The molecule has 12 heavy (non-hydrogen) atoms. The summed E-state index contributed by atoms with van der Waals surface area (Å²) >= 11 is -2.67.